The predicted molar refractivity (Wildman–Crippen MR) is 127 cm³/mol. The summed E-state index contributed by atoms with van der Waals surface area (Å²) >= 11 is 0. The van der Waals surface area contributed by atoms with Crippen LogP contribution in [0, 0.1) is 0 Å². The molecule has 0 amide bonds. The van der Waals surface area contributed by atoms with E-state index in [1.54, 1.807) is 0 Å². The minimum atomic E-state index is 0.834. The SMILES string of the molecule is CCCCCCCCCCCCCCOc1ccc2[nH]cc(CCN(C)C)c2c1. The number of aromatic amines is 1. The van der Waals surface area contributed by atoms with Crippen molar-refractivity contribution in [3.05, 3.63) is 30.0 Å². The molecule has 1 heterocycles. The molecule has 3 heteroatoms. The highest BCUT2D eigenvalue weighted by Gasteiger charge is 2.06. The lowest BCUT2D eigenvalue weighted by Gasteiger charge is -2.09. The normalized spacial score (nSPS) is 11.6. The van der Waals surface area contributed by atoms with Crippen LogP contribution < -0.4 is 4.74 Å². The van der Waals surface area contributed by atoms with Gasteiger partial charge in [-0.2, -0.15) is 0 Å². The molecule has 0 bridgehead atoms. The topological polar surface area (TPSA) is 28.3 Å². The molecule has 0 saturated heterocycles. The molecule has 1 aromatic heterocycles. The fraction of sp³-hybridized carbons (Fsp3) is 0.692. The molecule has 0 aliphatic heterocycles. The van der Waals surface area contributed by atoms with Gasteiger partial charge in [0.25, 0.3) is 0 Å². The number of likely N-dealkylation sites (N-methyl/N-ethyl adjacent to an activating group) is 1. The number of nitrogens with zero attached hydrogens (tertiary/aromatic N) is 1. The van der Waals surface area contributed by atoms with Crippen molar-refractivity contribution in [1.82, 2.24) is 9.88 Å². The molecule has 0 spiro atoms. The summed E-state index contributed by atoms with van der Waals surface area (Å²) in [7, 11) is 4.25. The van der Waals surface area contributed by atoms with E-state index in [1.165, 1.54) is 87.1 Å². The van der Waals surface area contributed by atoms with Gasteiger partial charge in [-0.3, -0.25) is 0 Å². The monoisotopic (exact) mass is 400 g/mol. The first-order valence-electron chi connectivity index (χ1n) is 12.1. The molecule has 0 atom stereocenters. The van der Waals surface area contributed by atoms with Crippen molar-refractivity contribution < 1.29 is 4.74 Å². The molecule has 0 radical (unpaired) electrons. The van der Waals surface area contributed by atoms with Crippen LogP contribution >= 0.6 is 0 Å². The average Bonchev–Trinajstić information content (AvgIpc) is 3.12. The van der Waals surface area contributed by atoms with Crippen LogP contribution in [0.5, 0.6) is 5.75 Å². The number of benzene rings is 1. The van der Waals surface area contributed by atoms with Crippen molar-refractivity contribution in [1.29, 1.82) is 0 Å². The van der Waals surface area contributed by atoms with E-state index in [1.807, 2.05) is 0 Å². The third kappa shape index (κ3) is 9.71. The lowest BCUT2D eigenvalue weighted by molar-refractivity contribution is 0.304. The highest BCUT2D eigenvalue weighted by molar-refractivity contribution is 5.84. The molecule has 0 fully saturated rings. The van der Waals surface area contributed by atoms with Gasteiger partial charge in [-0.15, -0.1) is 0 Å². The Hall–Kier alpha value is -1.48. The molecule has 0 aliphatic rings. The Morgan fingerprint density at radius 3 is 2.07 bits per heavy atom. The van der Waals surface area contributed by atoms with Gasteiger partial charge in [0.05, 0.1) is 6.61 Å². The van der Waals surface area contributed by atoms with Gasteiger partial charge in [0.2, 0.25) is 0 Å². The minimum absolute atomic E-state index is 0.834. The van der Waals surface area contributed by atoms with Gasteiger partial charge in [-0.1, -0.05) is 77.6 Å². The number of nitrogens with one attached hydrogen (secondary N) is 1. The molecule has 1 N–H and O–H groups in total. The van der Waals surface area contributed by atoms with Crippen LogP contribution in [0.4, 0.5) is 0 Å². The molecular weight excluding hydrogens is 356 g/mol. The number of rotatable bonds is 17. The summed E-state index contributed by atoms with van der Waals surface area (Å²) in [5, 5.41) is 1.30. The van der Waals surface area contributed by atoms with Crippen LogP contribution in [-0.2, 0) is 6.42 Å². The first-order valence-corrected chi connectivity index (χ1v) is 12.1. The van der Waals surface area contributed by atoms with E-state index in [-0.39, 0.29) is 0 Å². The first kappa shape index (κ1) is 23.8. The largest absolute Gasteiger partial charge is 0.494 e. The Morgan fingerprint density at radius 2 is 1.45 bits per heavy atom. The van der Waals surface area contributed by atoms with E-state index in [4.69, 9.17) is 4.74 Å². The first-order chi connectivity index (χ1) is 14.2. The summed E-state index contributed by atoms with van der Waals surface area (Å²) in [4.78, 5) is 5.61. The second-order valence-electron chi connectivity index (χ2n) is 8.81. The molecule has 29 heavy (non-hydrogen) atoms. The Bertz CT molecular complexity index is 662. The van der Waals surface area contributed by atoms with E-state index in [9.17, 15) is 0 Å². The second kappa shape index (κ2) is 14.5. The molecule has 1 aromatic carbocycles. The molecule has 0 saturated carbocycles. The molecule has 0 aliphatic carbocycles. The Morgan fingerprint density at radius 1 is 0.828 bits per heavy atom. The van der Waals surface area contributed by atoms with Gasteiger partial charge in [0, 0.05) is 23.6 Å². The van der Waals surface area contributed by atoms with Crippen molar-refractivity contribution in [2.45, 2.75) is 90.4 Å². The Balaban J connectivity index is 1.54. The molecular formula is C26H44N2O. The number of unbranched alkanes of at least 4 members (excludes halogenated alkanes) is 11. The van der Waals surface area contributed by atoms with Crippen LogP contribution in [0.2, 0.25) is 0 Å². The van der Waals surface area contributed by atoms with Crippen LogP contribution in [0.1, 0.15) is 89.5 Å². The number of H-pyrrole nitrogens is 1. The maximum Gasteiger partial charge on any atom is 0.120 e. The lowest BCUT2D eigenvalue weighted by atomic mass is 10.1. The van der Waals surface area contributed by atoms with Gasteiger partial charge in [0.1, 0.15) is 5.75 Å². The minimum Gasteiger partial charge on any atom is -0.494 e. The molecule has 0 unspecified atom stereocenters. The van der Waals surface area contributed by atoms with E-state index >= 15 is 0 Å². The summed E-state index contributed by atoms with van der Waals surface area (Å²) in [6, 6.07) is 6.44. The Labute approximate surface area is 179 Å². The highest BCUT2D eigenvalue weighted by atomic mass is 16.5. The second-order valence-corrected chi connectivity index (χ2v) is 8.81. The van der Waals surface area contributed by atoms with Crippen LogP contribution in [0.15, 0.2) is 24.4 Å². The number of hydrogen-bond acceptors (Lipinski definition) is 2. The third-order valence-electron chi connectivity index (χ3n) is 5.83. The zero-order chi connectivity index (χ0) is 20.7. The van der Waals surface area contributed by atoms with Gasteiger partial charge in [-0.05, 0) is 50.7 Å². The van der Waals surface area contributed by atoms with Crippen molar-refractivity contribution in [2.75, 3.05) is 27.2 Å². The summed E-state index contributed by atoms with van der Waals surface area (Å²) in [5.74, 6) is 1.01. The van der Waals surface area contributed by atoms with Gasteiger partial charge < -0.3 is 14.6 Å². The van der Waals surface area contributed by atoms with E-state index < -0.39 is 0 Å². The van der Waals surface area contributed by atoms with Crippen molar-refractivity contribution >= 4 is 10.9 Å². The van der Waals surface area contributed by atoms with Crippen LogP contribution in [0.3, 0.4) is 0 Å². The quantitative estimate of drug-likeness (QED) is 0.281. The molecule has 2 rings (SSSR count). The van der Waals surface area contributed by atoms with E-state index in [0.29, 0.717) is 0 Å². The Kier molecular flexibility index (Phi) is 11.9. The van der Waals surface area contributed by atoms with E-state index in [2.05, 4.69) is 55.3 Å². The smallest absolute Gasteiger partial charge is 0.120 e. The van der Waals surface area contributed by atoms with Crippen molar-refractivity contribution in [3.8, 4) is 5.75 Å². The molecule has 2 aromatic rings. The molecule has 3 nitrogen and oxygen atoms in total. The zero-order valence-electron chi connectivity index (χ0n) is 19.3. The summed E-state index contributed by atoms with van der Waals surface area (Å²) in [5.41, 5.74) is 2.58. The highest BCUT2D eigenvalue weighted by Crippen LogP contribution is 2.24. The van der Waals surface area contributed by atoms with Crippen molar-refractivity contribution in [2.24, 2.45) is 0 Å². The maximum absolute atomic E-state index is 6.03. The van der Waals surface area contributed by atoms with E-state index in [0.717, 1.165) is 31.7 Å². The predicted octanol–water partition coefficient (Wildman–Crippen LogP) is 7.35. The summed E-state index contributed by atoms with van der Waals surface area (Å²) in [6.45, 7) is 4.19. The number of ether oxygens (including phenoxy) is 1. The van der Waals surface area contributed by atoms with Crippen LogP contribution in [0.25, 0.3) is 10.9 Å². The zero-order valence-corrected chi connectivity index (χ0v) is 19.3. The average molecular weight is 401 g/mol. The lowest BCUT2D eigenvalue weighted by Crippen LogP contribution is -2.14. The summed E-state index contributed by atoms with van der Waals surface area (Å²) in [6.07, 6.45) is 19.8. The molecule has 164 valence electrons. The van der Waals surface area contributed by atoms with Gasteiger partial charge in [-0.25, -0.2) is 0 Å². The summed E-state index contributed by atoms with van der Waals surface area (Å²) < 4.78 is 6.03. The van der Waals surface area contributed by atoms with Gasteiger partial charge in [0.15, 0.2) is 0 Å². The number of hydrogen-bond donors (Lipinski definition) is 1. The fourth-order valence-electron chi connectivity index (χ4n) is 3.93. The van der Waals surface area contributed by atoms with Crippen molar-refractivity contribution in [3.63, 3.8) is 0 Å². The number of fused-ring (bicyclic) bond motifs is 1. The maximum atomic E-state index is 6.03. The van der Waals surface area contributed by atoms with Gasteiger partial charge >= 0.3 is 0 Å². The number of aromatic nitrogens is 1. The fourth-order valence-corrected chi connectivity index (χ4v) is 3.93. The standard InChI is InChI=1S/C26H44N2O/c1-4-5-6-7-8-9-10-11-12-13-14-15-20-29-24-16-17-26-25(21-24)23(22-27-26)18-19-28(2)3/h16-17,21-22,27H,4-15,18-20H2,1-3H3. The van der Waals surface area contributed by atoms with Crippen LogP contribution in [-0.4, -0.2) is 37.1 Å². The third-order valence-corrected chi connectivity index (χ3v) is 5.83.